The minimum Gasteiger partial charge on any atom is -0.489 e. The Morgan fingerprint density at radius 2 is 2.04 bits per heavy atom. The van der Waals surface area contributed by atoms with Gasteiger partial charge in [0.05, 0.1) is 16.6 Å². The highest BCUT2D eigenvalue weighted by Crippen LogP contribution is 2.29. The third-order valence-electron chi connectivity index (χ3n) is 4.59. The Morgan fingerprint density at radius 1 is 1.31 bits per heavy atom. The van der Waals surface area contributed by atoms with E-state index in [-0.39, 0.29) is 24.0 Å². The molecule has 2 heterocycles. The maximum Gasteiger partial charge on any atom is 0.260 e. The van der Waals surface area contributed by atoms with Crippen molar-refractivity contribution < 1.29 is 9.13 Å². The average molecular weight is 357 g/mol. The molecule has 0 aliphatic heterocycles. The van der Waals surface area contributed by atoms with Crippen LogP contribution < -0.4 is 16.0 Å². The smallest absolute Gasteiger partial charge is 0.260 e. The van der Waals surface area contributed by atoms with Crippen LogP contribution in [0.4, 0.5) is 4.39 Å². The van der Waals surface area contributed by atoms with Crippen molar-refractivity contribution in [1.29, 1.82) is 0 Å². The number of hydrogen-bond donors (Lipinski definition) is 1. The van der Waals surface area contributed by atoms with E-state index in [1.54, 1.807) is 32.3 Å². The van der Waals surface area contributed by atoms with Gasteiger partial charge < -0.3 is 15.0 Å². The van der Waals surface area contributed by atoms with Gasteiger partial charge in [0, 0.05) is 30.7 Å². The second kappa shape index (κ2) is 7.03. The largest absolute Gasteiger partial charge is 0.489 e. The SMILES string of the molecule is Cc1nccc2c1c(=O)n(C)c1cc(OC[C@@H](N)CC(C)C)c(F)cc21. The quantitative estimate of drug-likeness (QED) is 0.712. The van der Waals surface area contributed by atoms with Crippen molar-refractivity contribution in [2.24, 2.45) is 18.7 Å². The highest BCUT2D eigenvalue weighted by molar-refractivity contribution is 6.06. The summed E-state index contributed by atoms with van der Waals surface area (Å²) >= 11 is 0. The number of ether oxygens (including phenoxy) is 1. The molecule has 0 spiro atoms. The van der Waals surface area contributed by atoms with Gasteiger partial charge >= 0.3 is 0 Å². The fraction of sp³-hybridized carbons (Fsp3) is 0.400. The Kier molecular flexibility index (Phi) is 4.96. The standard InChI is InChI=1S/C20H24FN3O2/c1-11(2)7-13(22)10-26-18-9-17-15(8-16(18)21)14-5-6-23-12(3)19(14)20(25)24(17)4/h5-6,8-9,11,13H,7,10,22H2,1-4H3/t13-/m0/s1. The molecular weight excluding hydrogens is 333 g/mol. The van der Waals surface area contributed by atoms with Gasteiger partial charge in [-0.1, -0.05) is 13.8 Å². The van der Waals surface area contributed by atoms with Gasteiger partial charge in [-0.3, -0.25) is 9.78 Å². The molecule has 138 valence electrons. The Morgan fingerprint density at radius 3 is 2.73 bits per heavy atom. The number of aromatic nitrogens is 2. The number of hydrogen-bond acceptors (Lipinski definition) is 4. The molecule has 5 nitrogen and oxygen atoms in total. The number of nitrogens with two attached hydrogens (primary N) is 1. The minimum absolute atomic E-state index is 0.108. The maximum absolute atomic E-state index is 14.6. The number of halogens is 1. The van der Waals surface area contributed by atoms with E-state index in [1.165, 1.54) is 10.6 Å². The molecule has 6 heteroatoms. The topological polar surface area (TPSA) is 70.1 Å². The molecule has 3 aromatic rings. The third kappa shape index (κ3) is 3.29. The zero-order valence-corrected chi connectivity index (χ0v) is 15.5. The summed E-state index contributed by atoms with van der Waals surface area (Å²) in [6.45, 7) is 6.16. The molecule has 0 saturated heterocycles. The fourth-order valence-corrected chi connectivity index (χ4v) is 3.35. The molecule has 0 radical (unpaired) electrons. The van der Waals surface area contributed by atoms with Crippen LogP contribution in [0.15, 0.2) is 29.2 Å². The summed E-state index contributed by atoms with van der Waals surface area (Å²) in [5.41, 5.74) is 7.10. The van der Waals surface area contributed by atoms with Crippen LogP contribution in [0.5, 0.6) is 5.75 Å². The van der Waals surface area contributed by atoms with Gasteiger partial charge in [0.1, 0.15) is 6.61 Å². The van der Waals surface area contributed by atoms with E-state index in [0.717, 1.165) is 6.42 Å². The number of rotatable bonds is 5. The Hall–Kier alpha value is -2.47. The lowest BCUT2D eigenvalue weighted by Gasteiger charge is -2.17. The van der Waals surface area contributed by atoms with Crippen molar-refractivity contribution in [1.82, 2.24) is 9.55 Å². The molecule has 1 atom stereocenters. The van der Waals surface area contributed by atoms with Gasteiger partial charge in [-0.05, 0) is 36.8 Å². The van der Waals surface area contributed by atoms with Crippen LogP contribution in [-0.2, 0) is 7.05 Å². The van der Waals surface area contributed by atoms with Crippen molar-refractivity contribution in [3.63, 3.8) is 0 Å². The van der Waals surface area contributed by atoms with Crippen LogP contribution in [0.2, 0.25) is 0 Å². The van der Waals surface area contributed by atoms with Crippen molar-refractivity contribution in [2.75, 3.05) is 6.61 Å². The first-order valence-corrected chi connectivity index (χ1v) is 8.75. The summed E-state index contributed by atoms with van der Waals surface area (Å²) in [6, 6.07) is 4.56. The Labute approximate surface area is 151 Å². The normalized spacial score (nSPS) is 12.9. The molecular formula is C20H24FN3O2. The molecule has 0 saturated carbocycles. The summed E-state index contributed by atoms with van der Waals surface area (Å²) < 4.78 is 21.7. The maximum atomic E-state index is 14.6. The highest BCUT2D eigenvalue weighted by atomic mass is 19.1. The van der Waals surface area contributed by atoms with Crippen LogP contribution >= 0.6 is 0 Å². The molecule has 0 bridgehead atoms. The molecule has 2 N–H and O–H groups in total. The minimum atomic E-state index is -0.469. The summed E-state index contributed by atoms with van der Waals surface area (Å²) in [4.78, 5) is 16.9. The van der Waals surface area contributed by atoms with E-state index in [4.69, 9.17) is 10.5 Å². The van der Waals surface area contributed by atoms with Gasteiger partial charge in [0.15, 0.2) is 11.6 Å². The predicted octanol–water partition coefficient (Wildman–Crippen LogP) is 3.29. The van der Waals surface area contributed by atoms with E-state index >= 15 is 0 Å². The molecule has 26 heavy (non-hydrogen) atoms. The molecule has 1 aromatic carbocycles. The van der Waals surface area contributed by atoms with Gasteiger partial charge in [0.2, 0.25) is 0 Å². The molecule has 0 fully saturated rings. The Bertz CT molecular complexity index is 1030. The van der Waals surface area contributed by atoms with Crippen LogP contribution in [0.25, 0.3) is 21.7 Å². The lowest BCUT2D eigenvalue weighted by atomic mass is 10.0. The van der Waals surface area contributed by atoms with Gasteiger partial charge in [-0.25, -0.2) is 4.39 Å². The lowest BCUT2D eigenvalue weighted by Crippen LogP contribution is -2.29. The number of nitrogens with zero attached hydrogens (tertiary/aromatic N) is 2. The van der Waals surface area contributed by atoms with Gasteiger partial charge in [0.25, 0.3) is 5.56 Å². The molecule has 0 amide bonds. The molecule has 3 rings (SSSR count). The number of fused-ring (bicyclic) bond motifs is 3. The molecule has 2 aromatic heterocycles. The van der Waals surface area contributed by atoms with E-state index in [0.29, 0.717) is 33.3 Å². The van der Waals surface area contributed by atoms with Crippen LogP contribution in [0.1, 0.15) is 26.0 Å². The Balaban J connectivity index is 2.10. The zero-order chi connectivity index (χ0) is 19.0. The first kappa shape index (κ1) is 18.3. The second-order valence-corrected chi connectivity index (χ2v) is 7.18. The van der Waals surface area contributed by atoms with Crippen LogP contribution in [-0.4, -0.2) is 22.2 Å². The number of aryl methyl sites for hydroxylation is 2. The van der Waals surface area contributed by atoms with Crippen molar-refractivity contribution in [2.45, 2.75) is 33.2 Å². The van der Waals surface area contributed by atoms with Gasteiger partial charge in [-0.15, -0.1) is 0 Å². The van der Waals surface area contributed by atoms with Crippen LogP contribution in [0.3, 0.4) is 0 Å². The number of pyridine rings is 2. The van der Waals surface area contributed by atoms with E-state index in [9.17, 15) is 9.18 Å². The van der Waals surface area contributed by atoms with E-state index in [2.05, 4.69) is 18.8 Å². The summed E-state index contributed by atoms with van der Waals surface area (Å²) in [7, 11) is 1.67. The van der Waals surface area contributed by atoms with Crippen LogP contribution in [0, 0.1) is 18.7 Å². The first-order chi connectivity index (χ1) is 12.3. The summed E-state index contributed by atoms with van der Waals surface area (Å²) in [6.07, 6.45) is 2.42. The zero-order valence-electron chi connectivity index (χ0n) is 15.5. The predicted molar refractivity (Wildman–Crippen MR) is 102 cm³/mol. The fourth-order valence-electron chi connectivity index (χ4n) is 3.35. The summed E-state index contributed by atoms with van der Waals surface area (Å²) in [5.74, 6) is 0.0829. The van der Waals surface area contributed by atoms with Gasteiger partial charge in [-0.2, -0.15) is 0 Å². The first-order valence-electron chi connectivity index (χ1n) is 8.75. The van der Waals surface area contributed by atoms with E-state index in [1.807, 2.05) is 0 Å². The summed E-state index contributed by atoms with van der Waals surface area (Å²) in [5, 5.41) is 1.86. The van der Waals surface area contributed by atoms with E-state index < -0.39 is 5.82 Å². The monoisotopic (exact) mass is 357 g/mol. The average Bonchev–Trinajstić information content (AvgIpc) is 2.57. The third-order valence-corrected chi connectivity index (χ3v) is 4.59. The lowest BCUT2D eigenvalue weighted by molar-refractivity contribution is 0.260. The molecule has 0 aliphatic carbocycles. The van der Waals surface area contributed by atoms with Crippen molar-refractivity contribution in [3.05, 3.63) is 46.3 Å². The molecule has 0 unspecified atom stereocenters. The highest BCUT2D eigenvalue weighted by Gasteiger charge is 2.16. The molecule has 0 aliphatic rings. The second-order valence-electron chi connectivity index (χ2n) is 7.18. The van der Waals surface area contributed by atoms with Crippen molar-refractivity contribution >= 4 is 21.7 Å². The number of benzene rings is 1. The van der Waals surface area contributed by atoms with Crippen molar-refractivity contribution in [3.8, 4) is 5.75 Å².